The Morgan fingerprint density at radius 3 is 2.46 bits per heavy atom. The van der Waals surface area contributed by atoms with Crippen LogP contribution in [0.1, 0.15) is 58.4 Å². The standard InChI is InChI=1S/C30H33N3O3S/c1-33(24-14-6-3-7-15-24)29(35)26-17-8-9-18-27(26)31-30(37)32-28(34)23-13-10-16-25(21-23)36-20-19-22-11-4-2-5-12-22/h2,4-5,8-13,16-18,21,24H,3,6-7,14-15,19-20H2,1H3,(H2,31,32,34,37). The molecular formula is C30H33N3O3S. The molecule has 2 amide bonds. The number of carbonyl (C=O) groups is 2. The molecule has 0 unspecified atom stereocenters. The van der Waals surface area contributed by atoms with Crippen molar-refractivity contribution >= 4 is 34.8 Å². The van der Waals surface area contributed by atoms with Gasteiger partial charge in [0, 0.05) is 25.1 Å². The fraction of sp³-hybridized carbons (Fsp3) is 0.300. The van der Waals surface area contributed by atoms with Gasteiger partial charge in [0.05, 0.1) is 17.9 Å². The SMILES string of the molecule is CN(C(=O)c1ccccc1NC(=S)NC(=O)c1cccc(OCCc2ccccc2)c1)C1CCCCC1. The number of benzene rings is 3. The van der Waals surface area contributed by atoms with Crippen molar-refractivity contribution in [1.29, 1.82) is 0 Å². The summed E-state index contributed by atoms with van der Waals surface area (Å²) in [4.78, 5) is 27.9. The number of thiocarbonyl (C=S) groups is 1. The molecule has 0 bridgehead atoms. The van der Waals surface area contributed by atoms with E-state index in [0.29, 0.717) is 29.2 Å². The lowest BCUT2D eigenvalue weighted by atomic mass is 9.94. The summed E-state index contributed by atoms with van der Waals surface area (Å²) in [6.45, 7) is 0.509. The van der Waals surface area contributed by atoms with E-state index in [1.807, 2.05) is 48.3 Å². The number of ether oxygens (including phenoxy) is 1. The molecule has 0 spiro atoms. The molecule has 1 fully saturated rings. The molecule has 192 valence electrons. The summed E-state index contributed by atoms with van der Waals surface area (Å²) in [6, 6.07) is 24.6. The second-order valence-corrected chi connectivity index (χ2v) is 9.68. The number of anilines is 1. The van der Waals surface area contributed by atoms with Gasteiger partial charge in [-0.3, -0.25) is 14.9 Å². The number of nitrogens with one attached hydrogen (secondary N) is 2. The minimum Gasteiger partial charge on any atom is -0.493 e. The summed E-state index contributed by atoms with van der Waals surface area (Å²) in [7, 11) is 1.87. The van der Waals surface area contributed by atoms with Gasteiger partial charge in [-0.25, -0.2) is 0 Å². The van der Waals surface area contributed by atoms with E-state index >= 15 is 0 Å². The van der Waals surface area contributed by atoms with Gasteiger partial charge in [0.1, 0.15) is 5.75 Å². The number of amides is 2. The molecule has 2 N–H and O–H groups in total. The van der Waals surface area contributed by atoms with Crippen molar-refractivity contribution < 1.29 is 14.3 Å². The lowest BCUT2D eigenvalue weighted by Gasteiger charge is -2.31. The second kappa shape index (κ2) is 13.0. The molecule has 6 nitrogen and oxygen atoms in total. The van der Waals surface area contributed by atoms with Crippen LogP contribution in [0, 0.1) is 0 Å². The maximum Gasteiger partial charge on any atom is 0.257 e. The maximum absolute atomic E-state index is 13.2. The van der Waals surface area contributed by atoms with Crippen LogP contribution in [-0.4, -0.2) is 41.5 Å². The highest BCUT2D eigenvalue weighted by molar-refractivity contribution is 7.80. The van der Waals surface area contributed by atoms with Crippen LogP contribution in [0.4, 0.5) is 5.69 Å². The normalized spacial score (nSPS) is 13.4. The third-order valence-corrected chi connectivity index (χ3v) is 6.88. The Hall–Kier alpha value is -3.71. The van der Waals surface area contributed by atoms with E-state index in [1.165, 1.54) is 12.0 Å². The molecule has 0 radical (unpaired) electrons. The molecule has 37 heavy (non-hydrogen) atoms. The Bertz CT molecular complexity index is 1230. The van der Waals surface area contributed by atoms with Gasteiger partial charge in [-0.05, 0) is 61.0 Å². The summed E-state index contributed by atoms with van der Waals surface area (Å²) < 4.78 is 5.85. The molecule has 1 aliphatic rings. The van der Waals surface area contributed by atoms with Gasteiger partial charge in [0.25, 0.3) is 11.8 Å². The number of para-hydroxylation sites is 1. The van der Waals surface area contributed by atoms with Crippen LogP contribution in [0.15, 0.2) is 78.9 Å². The van der Waals surface area contributed by atoms with Crippen molar-refractivity contribution in [3.8, 4) is 5.75 Å². The maximum atomic E-state index is 13.2. The first-order valence-corrected chi connectivity index (χ1v) is 13.2. The van der Waals surface area contributed by atoms with Crippen LogP contribution >= 0.6 is 12.2 Å². The molecule has 0 aliphatic heterocycles. The van der Waals surface area contributed by atoms with Crippen molar-refractivity contribution in [2.24, 2.45) is 0 Å². The van der Waals surface area contributed by atoms with Gasteiger partial charge in [0.2, 0.25) is 0 Å². The Kier molecular flexibility index (Phi) is 9.27. The monoisotopic (exact) mass is 515 g/mol. The smallest absolute Gasteiger partial charge is 0.257 e. The second-order valence-electron chi connectivity index (χ2n) is 9.27. The first-order valence-electron chi connectivity index (χ1n) is 12.8. The van der Waals surface area contributed by atoms with Gasteiger partial charge in [-0.1, -0.05) is 67.8 Å². The average Bonchev–Trinajstić information content (AvgIpc) is 2.94. The Morgan fingerprint density at radius 2 is 1.68 bits per heavy atom. The molecule has 1 saturated carbocycles. The Labute approximate surface area is 224 Å². The molecule has 0 saturated heterocycles. The summed E-state index contributed by atoms with van der Waals surface area (Å²) in [5, 5.41) is 5.88. The number of nitrogens with zero attached hydrogens (tertiary/aromatic N) is 1. The first-order chi connectivity index (χ1) is 18.0. The highest BCUT2D eigenvalue weighted by atomic mass is 32.1. The quantitative estimate of drug-likeness (QED) is 0.369. The molecule has 3 aromatic carbocycles. The summed E-state index contributed by atoms with van der Waals surface area (Å²) >= 11 is 5.41. The molecule has 3 aromatic rings. The van der Waals surface area contributed by atoms with E-state index in [9.17, 15) is 9.59 Å². The van der Waals surface area contributed by atoms with Crippen LogP contribution in [0.25, 0.3) is 0 Å². The highest BCUT2D eigenvalue weighted by Crippen LogP contribution is 2.25. The van der Waals surface area contributed by atoms with Crippen LogP contribution in [0.5, 0.6) is 5.75 Å². The number of carbonyl (C=O) groups excluding carboxylic acids is 2. The lowest BCUT2D eigenvalue weighted by Crippen LogP contribution is -2.39. The first kappa shape index (κ1) is 26.4. The highest BCUT2D eigenvalue weighted by Gasteiger charge is 2.24. The van der Waals surface area contributed by atoms with Crippen molar-refractivity contribution in [3.05, 3.63) is 95.6 Å². The van der Waals surface area contributed by atoms with E-state index in [2.05, 4.69) is 22.8 Å². The molecule has 0 aromatic heterocycles. The third kappa shape index (κ3) is 7.40. The lowest BCUT2D eigenvalue weighted by molar-refractivity contribution is 0.0697. The average molecular weight is 516 g/mol. The van der Waals surface area contributed by atoms with Crippen molar-refractivity contribution in [3.63, 3.8) is 0 Å². The summed E-state index contributed by atoms with van der Waals surface area (Å²) in [6.07, 6.45) is 6.37. The van der Waals surface area contributed by atoms with E-state index in [0.717, 1.165) is 32.1 Å². The van der Waals surface area contributed by atoms with E-state index in [1.54, 1.807) is 30.3 Å². The number of hydrogen-bond acceptors (Lipinski definition) is 4. The van der Waals surface area contributed by atoms with Gasteiger partial charge in [-0.2, -0.15) is 0 Å². The summed E-state index contributed by atoms with van der Waals surface area (Å²) in [5.74, 6) is 0.211. The zero-order valence-corrected chi connectivity index (χ0v) is 21.9. The minimum absolute atomic E-state index is 0.0514. The van der Waals surface area contributed by atoms with Gasteiger partial charge < -0.3 is 15.0 Å². The van der Waals surface area contributed by atoms with Crippen LogP contribution in [-0.2, 0) is 6.42 Å². The predicted octanol–water partition coefficient (Wildman–Crippen LogP) is 5.84. The Balaban J connectivity index is 1.34. The van der Waals surface area contributed by atoms with E-state index < -0.39 is 0 Å². The van der Waals surface area contributed by atoms with Gasteiger partial charge >= 0.3 is 0 Å². The van der Waals surface area contributed by atoms with Crippen molar-refractivity contribution in [1.82, 2.24) is 10.2 Å². The minimum atomic E-state index is -0.353. The number of hydrogen-bond donors (Lipinski definition) is 2. The molecule has 7 heteroatoms. The zero-order valence-electron chi connectivity index (χ0n) is 21.1. The largest absolute Gasteiger partial charge is 0.493 e. The molecule has 0 heterocycles. The topological polar surface area (TPSA) is 70.7 Å². The fourth-order valence-electron chi connectivity index (χ4n) is 4.59. The zero-order chi connectivity index (χ0) is 26.0. The fourth-order valence-corrected chi connectivity index (χ4v) is 4.79. The molecule has 4 rings (SSSR count). The molecule has 1 aliphatic carbocycles. The van der Waals surface area contributed by atoms with E-state index in [4.69, 9.17) is 17.0 Å². The van der Waals surface area contributed by atoms with Gasteiger partial charge in [-0.15, -0.1) is 0 Å². The predicted molar refractivity (Wildman–Crippen MR) is 151 cm³/mol. The van der Waals surface area contributed by atoms with Crippen molar-refractivity contribution in [2.75, 3.05) is 19.0 Å². The Morgan fingerprint density at radius 1 is 0.946 bits per heavy atom. The molecule has 0 atom stereocenters. The summed E-state index contributed by atoms with van der Waals surface area (Å²) in [5.41, 5.74) is 2.72. The van der Waals surface area contributed by atoms with Crippen LogP contribution < -0.4 is 15.4 Å². The third-order valence-electron chi connectivity index (χ3n) is 6.67. The molecular weight excluding hydrogens is 482 g/mol. The number of rotatable bonds is 8. The van der Waals surface area contributed by atoms with Crippen LogP contribution in [0.3, 0.4) is 0 Å². The van der Waals surface area contributed by atoms with Crippen LogP contribution in [0.2, 0.25) is 0 Å². The van der Waals surface area contributed by atoms with Crippen molar-refractivity contribution in [2.45, 2.75) is 44.6 Å². The van der Waals surface area contributed by atoms with Gasteiger partial charge in [0.15, 0.2) is 5.11 Å². The van der Waals surface area contributed by atoms with E-state index in [-0.39, 0.29) is 23.0 Å².